The smallest absolute Gasteiger partial charge is 0.253 e. The van der Waals surface area contributed by atoms with E-state index in [-0.39, 0.29) is 11.7 Å². The van der Waals surface area contributed by atoms with Crippen LogP contribution in [0.3, 0.4) is 0 Å². The monoisotopic (exact) mass is 391 g/mol. The summed E-state index contributed by atoms with van der Waals surface area (Å²) in [5, 5.41) is 2.01. The van der Waals surface area contributed by atoms with Crippen molar-refractivity contribution >= 4 is 22.5 Å². The van der Waals surface area contributed by atoms with E-state index in [1.54, 1.807) is 0 Å². The van der Waals surface area contributed by atoms with E-state index in [1.165, 1.54) is 0 Å². The van der Waals surface area contributed by atoms with Crippen molar-refractivity contribution in [3.63, 3.8) is 0 Å². The Morgan fingerprint density at radius 1 is 1.10 bits per heavy atom. The van der Waals surface area contributed by atoms with E-state index in [4.69, 9.17) is 9.47 Å². The molecule has 3 heterocycles. The molecule has 0 saturated carbocycles. The fourth-order valence-electron chi connectivity index (χ4n) is 4.86. The van der Waals surface area contributed by atoms with Crippen LogP contribution in [0.25, 0.3) is 10.8 Å². The van der Waals surface area contributed by atoms with E-state index in [1.807, 2.05) is 48.2 Å². The molecule has 150 valence electrons. The van der Waals surface area contributed by atoms with Crippen molar-refractivity contribution < 1.29 is 19.1 Å². The molecule has 5 nitrogen and oxygen atoms in total. The summed E-state index contributed by atoms with van der Waals surface area (Å²) in [6.07, 6.45) is 3.38. The molecular formula is C24H25NO4. The Morgan fingerprint density at radius 2 is 1.90 bits per heavy atom. The molecular weight excluding hydrogens is 366 g/mol. The molecule has 0 radical (unpaired) electrons. The summed E-state index contributed by atoms with van der Waals surface area (Å²) < 4.78 is 12.0. The second-order valence-corrected chi connectivity index (χ2v) is 8.32. The highest BCUT2D eigenvalue weighted by molar-refractivity contribution is 6.11. The number of hydrogen-bond donors (Lipinski definition) is 0. The normalized spacial score (nSPS) is 21.0. The third-order valence-electron chi connectivity index (χ3n) is 6.51. The van der Waals surface area contributed by atoms with Gasteiger partial charge in [-0.05, 0) is 36.6 Å². The summed E-state index contributed by atoms with van der Waals surface area (Å²) in [4.78, 5) is 27.9. The van der Waals surface area contributed by atoms with E-state index in [0.717, 1.165) is 34.9 Å². The van der Waals surface area contributed by atoms with Crippen LogP contribution in [0.2, 0.25) is 0 Å². The molecule has 0 N–H and O–H groups in total. The number of likely N-dealkylation sites (tertiary alicyclic amines) is 1. The van der Waals surface area contributed by atoms with E-state index < -0.39 is 5.60 Å². The second-order valence-electron chi connectivity index (χ2n) is 8.32. The van der Waals surface area contributed by atoms with E-state index in [9.17, 15) is 9.59 Å². The van der Waals surface area contributed by atoms with E-state index >= 15 is 0 Å². The first-order valence-electron chi connectivity index (χ1n) is 10.4. The summed E-state index contributed by atoms with van der Waals surface area (Å²) in [7, 11) is 0. The number of nitrogens with zero attached hydrogens (tertiary/aromatic N) is 1. The van der Waals surface area contributed by atoms with Crippen LogP contribution in [-0.2, 0) is 9.53 Å². The maximum Gasteiger partial charge on any atom is 0.253 e. The van der Waals surface area contributed by atoms with Crippen LogP contribution >= 0.6 is 0 Å². The zero-order valence-electron chi connectivity index (χ0n) is 16.7. The molecule has 5 heteroatoms. The maximum absolute atomic E-state index is 13.1. The number of fused-ring (bicyclic) bond motifs is 3. The number of piperidine rings is 1. The average Bonchev–Trinajstić information content (AvgIpc) is 2.73. The van der Waals surface area contributed by atoms with Crippen LogP contribution in [-0.4, -0.2) is 41.9 Å². The van der Waals surface area contributed by atoms with Crippen molar-refractivity contribution in [3.8, 4) is 5.75 Å². The van der Waals surface area contributed by atoms with Crippen LogP contribution in [0.5, 0.6) is 5.75 Å². The van der Waals surface area contributed by atoms with Gasteiger partial charge in [-0.3, -0.25) is 9.59 Å². The largest absolute Gasteiger partial charge is 0.498 e. The molecule has 1 fully saturated rings. The van der Waals surface area contributed by atoms with Crippen molar-refractivity contribution in [2.24, 2.45) is 0 Å². The molecule has 0 aliphatic carbocycles. The number of allylic oxidation sites excluding steroid dienone is 1. The molecule has 3 aliphatic rings. The van der Waals surface area contributed by atoms with Crippen molar-refractivity contribution in [3.05, 3.63) is 53.3 Å². The first-order chi connectivity index (χ1) is 14.1. The molecule has 29 heavy (non-hydrogen) atoms. The Kier molecular flexibility index (Phi) is 4.34. The number of amides is 1. The minimum atomic E-state index is -0.504. The number of ketones is 1. The van der Waals surface area contributed by atoms with Gasteiger partial charge >= 0.3 is 0 Å². The van der Waals surface area contributed by atoms with Crippen LogP contribution < -0.4 is 4.74 Å². The van der Waals surface area contributed by atoms with Gasteiger partial charge in [-0.15, -0.1) is 0 Å². The van der Waals surface area contributed by atoms with Crippen molar-refractivity contribution in [1.29, 1.82) is 0 Å². The van der Waals surface area contributed by atoms with E-state index in [0.29, 0.717) is 50.3 Å². The number of carbonyl (C=O) groups excluding carboxylic acids is 2. The summed E-state index contributed by atoms with van der Waals surface area (Å²) in [5.41, 5.74) is 0.993. The Labute approximate surface area is 170 Å². The highest BCUT2D eigenvalue weighted by Crippen LogP contribution is 2.42. The third-order valence-corrected chi connectivity index (χ3v) is 6.51. The standard InChI is InChI=1S/C24H25NO4/c1-16-18(7-4-14-28-16)23(27)25-12-10-24(11-13-25)15-20(26)22-19-6-3-2-5-17(19)8-9-21(22)29-24/h2-3,5-6,8-9H,4,7,10-15H2,1H3. The van der Waals surface area contributed by atoms with E-state index in [2.05, 4.69) is 0 Å². The van der Waals surface area contributed by atoms with Crippen LogP contribution in [0.1, 0.15) is 49.4 Å². The van der Waals surface area contributed by atoms with Crippen LogP contribution in [0.15, 0.2) is 47.7 Å². The maximum atomic E-state index is 13.1. The lowest BCUT2D eigenvalue weighted by atomic mass is 9.81. The molecule has 0 atom stereocenters. The van der Waals surface area contributed by atoms with Crippen LogP contribution in [0, 0.1) is 0 Å². The number of rotatable bonds is 1. The topological polar surface area (TPSA) is 55.8 Å². The zero-order valence-corrected chi connectivity index (χ0v) is 16.7. The van der Waals surface area contributed by atoms with Gasteiger partial charge in [-0.2, -0.15) is 0 Å². The molecule has 1 amide bonds. The molecule has 1 saturated heterocycles. The van der Waals surface area contributed by atoms with Crippen molar-refractivity contribution in [2.75, 3.05) is 19.7 Å². The molecule has 2 aromatic rings. The summed E-state index contributed by atoms with van der Waals surface area (Å²) in [6.45, 7) is 3.77. The molecule has 0 aromatic heterocycles. The quantitative estimate of drug-likeness (QED) is 0.729. The lowest BCUT2D eigenvalue weighted by molar-refractivity contribution is -0.131. The van der Waals surface area contributed by atoms with Gasteiger partial charge < -0.3 is 14.4 Å². The highest BCUT2D eigenvalue weighted by Gasteiger charge is 2.44. The Morgan fingerprint density at radius 3 is 2.69 bits per heavy atom. The van der Waals surface area contributed by atoms with Gasteiger partial charge in [0.1, 0.15) is 17.1 Å². The number of carbonyl (C=O) groups is 2. The third kappa shape index (κ3) is 3.09. The van der Waals surface area contributed by atoms with Crippen molar-refractivity contribution in [1.82, 2.24) is 4.90 Å². The number of benzene rings is 2. The minimum absolute atomic E-state index is 0.0746. The predicted octanol–water partition coefficient (Wildman–Crippen LogP) is 4.25. The van der Waals surface area contributed by atoms with Gasteiger partial charge in [0.25, 0.3) is 5.91 Å². The average molecular weight is 391 g/mol. The summed E-state index contributed by atoms with van der Waals surface area (Å²) >= 11 is 0. The summed E-state index contributed by atoms with van der Waals surface area (Å²) in [5.74, 6) is 1.65. The Bertz CT molecular complexity index is 1030. The van der Waals surface area contributed by atoms with Crippen molar-refractivity contribution in [2.45, 2.75) is 44.6 Å². The molecule has 0 bridgehead atoms. The number of ether oxygens (including phenoxy) is 2. The Hall–Kier alpha value is -2.82. The molecule has 5 rings (SSSR count). The van der Waals surface area contributed by atoms with Gasteiger partial charge in [-0.25, -0.2) is 0 Å². The predicted molar refractivity (Wildman–Crippen MR) is 110 cm³/mol. The van der Waals surface area contributed by atoms with Gasteiger partial charge in [-0.1, -0.05) is 30.3 Å². The first kappa shape index (κ1) is 18.2. The number of hydrogen-bond acceptors (Lipinski definition) is 4. The minimum Gasteiger partial charge on any atom is -0.498 e. The zero-order chi connectivity index (χ0) is 20.0. The van der Waals surface area contributed by atoms with Gasteiger partial charge in [0.05, 0.1) is 24.2 Å². The molecule has 3 aliphatic heterocycles. The lowest BCUT2D eigenvalue weighted by Crippen LogP contribution is -2.52. The SMILES string of the molecule is CC1=C(C(=O)N2CCC3(CC2)CC(=O)c2c(ccc4ccccc24)O3)CCCO1. The first-order valence-corrected chi connectivity index (χ1v) is 10.4. The molecule has 2 aromatic carbocycles. The lowest BCUT2D eigenvalue weighted by Gasteiger charge is -2.44. The molecule has 1 spiro atoms. The van der Waals surface area contributed by atoms with Gasteiger partial charge in [0.2, 0.25) is 0 Å². The van der Waals surface area contributed by atoms with Gasteiger partial charge in [0.15, 0.2) is 5.78 Å². The highest BCUT2D eigenvalue weighted by atomic mass is 16.5. The fraction of sp³-hybridized carbons (Fsp3) is 0.417. The summed E-state index contributed by atoms with van der Waals surface area (Å²) in [6, 6.07) is 11.9. The number of Topliss-reactive ketones (excluding diaryl/α,β-unsaturated/α-hetero) is 1. The van der Waals surface area contributed by atoms with Crippen LogP contribution in [0.4, 0.5) is 0 Å². The van der Waals surface area contributed by atoms with Gasteiger partial charge in [0, 0.05) is 25.9 Å². The Balaban J connectivity index is 1.36. The fourth-order valence-corrected chi connectivity index (χ4v) is 4.86. The molecule has 0 unspecified atom stereocenters. The second kappa shape index (κ2) is 6.90.